The van der Waals surface area contributed by atoms with Gasteiger partial charge in [-0.1, -0.05) is 19.8 Å². The molecule has 1 aromatic rings. The Morgan fingerprint density at radius 3 is 2.82 bits per heavy atom. The molecule has 0 atom stereocenters. The van der Waals surface area contributed by atoms with Crippen molar-refractivity contribution in [2.45, 2.75) is 32.6 Å². The fourth-order valence-electron chi connectivity index (χ4n) is 1.54. The second kappa shape index (κ2) is 9.42. The molecule has 0 aliphatic heterocycles. The molecule has 0 saturated carbocycles. The van der Waals surface area contributed by atoms with Crippen LogP contribution in [-0.4, -0.2) is 24.7 Å². The number of nitrogens with zero attached hydrogens (tertiary/aromatic N) is 1. The van der Waals surface area contributed by atoms with Gasteiger partial charge >= 0.3 is 0 Å². The van der Waals surface area contributed by atoms with E-state index < -0.39 is 0 Å². The summed E-state index contributed by atoms with van der Waals surface area (Å²) in [7, 11) is 0. The Morgan fingerprint density at radius 1 is 1.24 bits per heavy atom. The van der Waals surface area contributed by atoms with E-state index in [1.807, 2.05) is 6.07 Å². The highest BCUT2D eigenvalue weighted by Crippen LogP contribution is 2.16. The van der Waals surface area contributed by atoms with Gasteiger partial charge in [-0.15, -0.1) is 0 Å². The number of nitrogens with one attached hydrogen (secondary N) is 1. The number of unbranched alkanes of at least 4 members (excludes halogenated alkanes) is 3. The van der Waals surface area contributed by atoms with Gasteiger partial charge < -0.3 is 10.1 Å². The lowest BCUT2D eigenvalue weighted by Gasteiger charge is -2.06. The van der Waals surface area contributed by atoms with Crippen LogP contribution in [-0.2, 0) is 0 Å². The van der Waals surface area contributed by atoms with Crippen LogP contribution >= 0.6 is 15.9 Å². The van der Waals surface area contributed by atoms with E-state index in [-0.39, 0.29) is 0 Å². The fourth-order valence-corrected chi connectivity index (χ4v) is 1.89. The van der Waals surface area contributed by atoms with Gasteiger partial charge in [0.15, 0.2) is 0 Å². The Labute approximate surface area is 112 Å². The monoisotopic (exact) mass is 300 g/mol. The summed E-state index contributed by atoms with van der Waals surface area (Å²) in [6.07, 6.45) is 8.37. The van der Waals surface area contributed by atoms with Crippen molar-refractivity contribution in [2.75, 3.05) is 19.7 Å². The summed E-state index contributed by atoms with van der Waals surface area (Å²) < 4.78 is 6.57. The lowest BCUT2D eigenvalue weighted by Crippen LogP contribution is -2.13. The molecule has 0 bridgehead atoms. The maximum atomic E-state index is 5.61. The van der Waals surface area contributed by atoms with E-state index in [2.05, 4.69) is 33.2 Å². The average molecular weight is 301 g/mol. The molecule has 0 saturated heterocycles. The van der Waals surface area contributed by atoms with Crippen molar-refractivity contribution in [1.82, 2.24) is 10.3 Å². The average Bonchev–Trinajstić information content (AvgIpc) is 2.33. The number of ether oxygens (including phenoxy) is 1. The zero-order valence-electron chi connectivity index (χ0n) is 10.4. The second-order valence-corrected chi connectivity index (χ2v) is 4.87. The van der Waals surface area contributed by atoms with Crippen LogP contribution in [0, 0.1) is 0 Å². The molecule has 0 spiro atoms. The quantitative estimate of drug-likeness (QED) is 0.710. The van der Waals surface area contributed by atoms with E-state index in [4.69, 9.17) is 4.74 Å². The number of hydrogen-bond donors (Lipinski definition) is 1. The Hall–Kier alpha value is -0.610. The van der Waals surface area contributed by atoms with Crippen molar-refractivity contribution in [3.05, 3.63) is 22.9 Å². The standard InChI is InChI=1S/C13H21BrN2O/c1-2-15-7-5-3-4-6-8-17-13-9-12(14)10-16-11-13/h9-11,15H,2-8H2,1H3. The summed E-state index contributed by atoms with van der Waals surface area (Å²) in [6, 6.07) is 1.94. The van der Waals surface area contributed by atoms with Crippen molar-refractivity contribution < 1.29 is 4.74 Å². The van der Waals surface area contributed by atoms with Crippen molar-refractivity contribution in [3.8, 4) is 5.75 Å². The third kappa shape index (κ3) is 7.34. The minimum atomic E-state index is 0.777. The van der Waals surface area contributed by atoms with Crippen LogP contribution in [0.15, 0.2) is 22.9 Å². The number of rotatable bonds is 9. The Kier molecular flexibility index (Phi) is 8.01. The highest BCUT2D eigenvalue weighted by atomic mass is 79.9. The SMILES string of the molecule is CCNCCCCCCOc1cncc(Br)c1. The zero-order valence-corrected chi connectivity index (χ0v) is 12.0. The van der Waals surface area contributed by atoms with Gasteiger partial charge in [0.2, 0.25) is 0 Å². The lowest BCUT2D eigenvalue weighted by atomic mass is 10.2. The van der Waals surface area contributed by atoms with E-state index in [0.717, 1.165) is 36.3 Å². The van der Waals surface area contributed by atoms with Crippen molar-refractivity contribution in [2.24, 2.45) is 0 Å². The third-order valence-electron chi connectivity index (χ3n) is 2.45. The van der Waals surface area contributed by atoms with Crippen LogP contribution in [0.25, 0.3) is 0 Å². The Bertz CT molecular complexity index is 307. The molecule has 1 N–H and O–H groups in total. The van der Waals surface area contributed by atoms with Crippen LogP contribution in [0.2, 0.25) is 0 Å². The molecule has 1 aromatic heterocycles. The van der Waals surface area contributed by atoms with Gasteiger partial charge in [-0.05, 0) is 47.9 Å². The molecule has 0 aromatic carbocycles. The van der Waals surface area contributed by atoms with E-state index >= 15 is 0 Å². The predicted octanol–water partition coefficient (Wildman–Crippen LogP) is 3.39. The van der Waals surface area contributed by atoms with E-state index in [0.29, 0.717) is 0 Å². The maximum absolute atomic E-state index is 5.61. The van der Waals surface area contributed by atoms with E-state index in [9.17, 15) is 0 Å². The molecular weight excluding hydrogens is 280 g/mol. The minimum absolute atomic E-state index is 0.777. The summed E-state index contributed by atoms with van der Waals surface area (Å²) in [5.74, 6) is 0.840. The maximum Gasteiger partial charge on any atom is 0.138 e. The van der Waals surface area contributed by atoms with Crippen molar-refractivity contribution in [3.63, 3.8) is 0 Å². The molecule has 0 fully saturated rings. The number of pyridine rings is 1. The van der Waals surface area contributed by atoms with Gasteiger partial charge in [-0.2, -0.15) is 0 Å². The summed E-state index contributed by atoms with van der Waals surface area (Å²) >= 11 is 3.37. The van der Waals surface area contributed by atoms with E-state index in [1.54, 1.807) is 12.4 Å². The second-order valence-electron chi connectivity index (χ2n) is 3.96. The molecule has 1 heterocycles. The van der Waals surface area contributed by atoms with E-state index in [1.165, 1.54) is 19.3 Å². The largest absolute Gasteiger partial charge is 0.492 e. The van der Waals surface area contributed by atoms with Gasteiger partial charge in [-0.25, -0.2) is 0 Å². The van der Waals surface area contributed by atoms with Crippen LogP contribution in [0.3, 0.4) is 0 Å². The van der Waals surface area contributed by atoms with Crippen LogP contribution in [0.1, 0.15) is 32.6 Å². The fraction of sp³-hybridized carbons (Fsp3) is 0.615. The molecule has 3 nitrogen and oxygen atoms in total. The van der Waals surface area contributed by atoms with Crippen LogP contribution in [0.4, 0.5) is 0 Å². The molecule has 0 radical (unpaired) electrons. The minimum Gasteiger partial charge on any atom is -0.492 e. The van der Waals surface area contributed by atoms with Gasteiger partial charge in [-0.3, -0.25) is 4.98 Å². The van der Waals surface area contributed by atoms with Crippen molar-refractivity contribution >= 4 is 15.9 Å². The number of hydrogen-bond acceptors (Lipinski definition) is 3. The zero-order chi connectivity index (χ0) is 12.3. The Balaban J connectivity index is 1.97. The molecule has 0 aliphatic carbocycles. The molecule has 17 heavy (non-hydrogen) atoms. The molecule has 4 heteroatoms. The molecular formula is C13H21BrN2O. The van der Waals surface area contributed by atoms with Crippen LogP contribution in [0.5, 0.6) is 5.75 Å². The molecule has 1 rings (SSSR count). The molecule has 0 amide bonds. The third-order valence-corrected chi connectivity index (χ3v) is 2.88. The number of aromatic nitrogens is 1. The summed E-state index contributed by atoms with van der Waals surface area (Å²) in [5, 5.41) is 3.33. The Morgan fingerprint density at radius 2 is 2.06 bits per heavy atom. The highest BCUT2D eigenvalue weighted by Gasteiger charge is 1.95. The van der Waals surface area contributed by atoms with Gasteiger partial charge in [0.1, 0.15) is 5.75 Å². The van der Waals surface area contributed by atoms with Gasteiger partial charge in [0, 0.05) is 10.7 Å². The smallest absolute Gasteiger partial charge is 0.138 e. The number of halogens is 1. The topological polar surface area (TPSA) is 34.1 Å². The molecule has 0 aliphatic rings. The molecule has 96 valence electrons. The van der Waals surface area contributed by atoms with Crippen LogP contribution < -0.4 is 10.1 Å². The first-order valence-corrected chi connectivity index (χ1v) is 7.06. The molecule has 0 unspecified atom stereocenters. The first kappa shape index (κ1) is 14.5. The highest BCUT2D eigenvalue weighted by molar-refractivity contribution is 9.10. The predicted molar refractivity (Wildman–Crippen MR) is 74.4 cm³/mol. The van der Waals surface area contributed by atoms with Crippen molar-refractivity contribution in [1.29, 1.82) is 0 Å². The first-order valence-electron chi connectivity index (χ1n) is 6.27. The summed E-state index contributed by atoms with van der Waals surface area (Å²) in [6.45, 7) is 5.12. The lowest BCUT2D eigenvalue weighted by molar-refractivity contribution is 0.303. The normalized spacial score (nSPS) is 10.5. The van der Waals surface area contributed by atoms with Gasteiger partial charge in [0.05, 0.1) is 12.8 Å². The summed E-state index contributed by atoms with van der Waals surface area (Å²) in [4.78, 5) is 4.05. The summed E-state index contributed by atoms with van der Waals surface area (Å²) in [5.41, 5.74) is 0. The first-order chi connectivity index (χ1) is 8.33. The van der Waals surface area contributed by atoms with Gasteiger partial charge in [0.25, 0.3) is 0 Å².